The highest BCUT2D eigenvalue weighted by atomic mass is 79.9. The zero-order chi connectivity index (χ0) is 12.2. The molecule has 16 heavy (non-hydrogen) atoms. The molecule has 1 rings (SSSR count). The fourth-order valence-corrected chi connectivity index (χ4v) is 1.87. The highest BCUT2D eigenvalue weighted by molar-refractivity contribution is 9.10. The van der Waals surface area contributed by atoms with Crippen LogP contribution in [-0.2, 0) is 0 Å². The molecular weight excluding hydrogens is 288 g/mol. The minimum Gasteiger partial charge on any atom is -0.494 e. The molecule has 0 saturated heterocycles. The van der Waals surface area contributed by atoms with Crippen LogP contribution in [0.15, 0.2) is 21.1 Å². The minimum absolute atomic E-state index is 0.125. The van der Waals surface area contributed by atoms with Crippen molar-refractivity contribution in [2.75, 3.05) is 7.11 Å². The number of rotatable bonds is 3. The average Bonchev–Trinajstić information content (AvgIpc) is 2.16. The maximum Gasteiger partial charge on any atom is 0.151 e. The first kappa shape index (κ1) is 13.5. The maximum absolute atomic E-state index is 5.10. The summed E-state index contributed by atoms with van der Waals surface area (Å²) in [5.41, 5.74) is 0.810. The Bertz CT molecular complexity index is 388. The maximum atomic E-state index is 5.10. The number of pyridine rings is 1. The van der Waals surface area contributed by atoms with Gasteiger partial charge in [-0.15, -0.1) is 0 Å². The van der Waals surface area contributed by atoms with Crippen LogP contribution < -0.4 is 4.74 Å². The predicted molar refractivity (Wildman–Crippen MR) is 73.4 cm³/mol. The molecule has 0 unspecified atom stereocenters. The summed E-state index contributed by atoms with van der Waals surface area (Å²) in [5.74, 6) is 0.723. The summed E-state index contributed by atoms with van der Waals surface area (Å²) in [4.78, 5) is 4.21. The first-order valence-electron chi connectivity index (χ1n) is 4.83. The van der Waals surface area contributed by atoms with Gasteiger partial charge in [0.15, 0.2) is 5.75 Å². The van der Waals surface area contributed by atoms with Crippen molar-refractivity contribution in [3.63, 3.8) is 0 Å². The molecule has 88 valence electrons. The summed E-state index contributed by atoms with van der Waals surface area (Å²) in [7, 11) is 1.62. The van der Waals surface area contributed by atoms with Gasteiger partial charge in [0, 0.05) is 4.75 Å². The van der Waals surface area contributed by atoms with Crippen LogP contribution in [0.2, 0.25) is 0 Å². The topological polar surface area (TPSA) is 34.5 Å². The van der Waals surface area contributed by atoms with E-state index < -0.39 is 0 Å². The highest BCUT2D eigenvalue weighted by Gasteiger charge is 2.09. The number of hydrogen-bond acceptors (Lipinski definition) is 4. The second-order valence-electron chi connectivity index (χ2n) is 4.18. The molecule has 0 aliphatic rings. The molecule has 0 radical (unpaired) electrons. The van der Waals surface area contributed by atoms with Crippen molar-refractivity contribution in [2.24, 2.45) is 4.40 Å². The molecule has 0 bridgehead atoms. The smallest absolute Gasteiger partial charge is 0.151 e. The van der Waals surface area contributed by atoms with Gasteiger partial charge in [-0.05, 0) is 54.7 Å². The summed E-state index contributed by atoms with van der Waals surface area (Å²) in [6, 6.07) is 1.88. The highest BCUT2D eigenvalue weighted by Crippen LogP contribution is 2.25. The van der Waals surface area contributed by atoms with Crippen molar-refractivity contribution < 1.29 is 4.74 Å². The lowest BCUT2D eigenvalue weighted by Gasteiger charge is -2.12. The van der Waals surface area contributed by atoms with Gasteiger partial charge in [-0.3, -0.25) is 4.98 Å². The Morgan fingerprint density at radius 2 is 2.19 bits per heavy atom. The second-order valence-corrected chi connectivity index (χ2v) is 6.65. The molecule has 0 spiro atoms. The SMILES string of the molecule is COc1cnc(/C=N/SC(C)(C)C)cc1Br. The number of nitrogens with zero attached hydrogens (tertiary/aromatic N) is 2. The Morgan fingerprint density at radius 1 is 1.50 bits per heavy atom. The van der Waals surface area contributed by atoms with Gasteiger partial charge in [0.25, 0.3) is 0 Å². The summed E-state index contributed by atoms with van der Waals surface area (Å²) in [6.07, 6.45) is 3.42. The Labute approximate surface area is 109 Å². The van der Waals surface area contributed by atoms with Gasteiger partial charge >= 0.3 is 0 Å². The zero-order valence-electron chi connectivity index (χ0n) is 9.82. The van der Waals surface area contributed by atoms with Gasteiger partial charge in [0.2, 0.25) is 0 Å². The molecule has 5 heteroatoms. The standard InChI is InChI=1S/C11H15BrN2OS/c1-11(2,3)16-14-6-8-5-9(12)10(15-4)7-13-8/h5-7H,1-4H3/b14-6+. The Hall–Kier alpha value is -0.550. The zero-order valence-corrected chi connectivity index (χ0v) is 12.2. The van der Waals surface area contributed by atoms with Gasteiger partial charge in [0.05, 0.1) is 29.7 Å². The number of halogens is 1. The van der Waals surface area contributed by atoms with E-state index in [1.54, 1.807) is 19.5 Å². The summed E-state index contributed by atoms with van der Waals surface area (Å²) < 4.78 is 10.4. The van der Waals surface area contributed by atoms with Crippen molar-refractivity contribution in [1.82, 2.24) is 4.98 Å². The average molecular weight is 303 g/mol. The fourth-order valence-electron chi connectivity index (χ4n) is 0.892. The van der Waals surface area contributed by atoms with E-state index in [0.717, 1.165) is 15.9 Å². The molecule has 0 fully saturated rings. The van der Waals surface area contributed by atoms with Crippen molar-refractivity contribution in [2.45, 2.75) is 25.5 Å². The first-order valence-corrected chi connectivity index (χ1v) is 6.40. The van der Waals surface area contributed by atoms with Crippen molar-refractivity contribution in [1.29, 1.82) is 0 Å². The minimum atomic E-state index is 0.125. The van der Waals surface area contributed by atoms with E-state index in [1.165, 1.54) is 11.9 Å². The summed E-state index contributed by atoms with van der Waals surface area (Å²) in [6.45, 7) is 6.35. The molecule has 0 aromatic carbocycles. The van der Waals surface area contributed by atoms with Crippen LogP contribution in [0.3, 0.4) is 0 Å². The van der Waals surface area contributed by atoms with Crippen LogP contribution >= 0.6 is 27.9 Å². The van der Waals surface area contributed by atoms with Crippen LogP contribution in [0.1, 0.15) is 26.5 Å². The Balaban J connectivity index is 2.72. The van der Waals surface area contributed by atoms with Crippen molar-refractivity contribution in [3.8, 4) is 5.75 Å². The fraction of sp³-hybridized carbons (Fsp3) is 0.455. The van der Waals surface area contributed by atoms with Crippen LogP contribution in [0.25, 0.3) is 0 Å². The quantitative estimate of drug-likeness (QED) is 0.630. The monoisotopic (exact) mass is 302 g/mol. The van der Waals surface area contributed by atoms with Crippen molar-refractivity contribution >= 4 is 34.1 Å². The molecule has 0 aliphatic carbocycles. The lowest BCUT2D eigenvalue weighted by atomic mass is 10.3. The van der Waals surface area contributed by atoms with Gasteiger partial charge in [-0.25, -0.2) is 4.40 Å². The van der Waals surface area contributed by atoms with Gasteiger partial charge in [-0.2, -0.15) is 0 Å². The third-order valence-electron chi connectivity index (χ3n) is 1.57. The van der Waals surface area contributed by atoms with Crippen LogP contribution in [-0.4, -0.2) is 23.1 Å². The first-order chi connectivity index (χ1) is 7.42. The molecule has 0 saturated carbocycles. The summed E-state index contributed by atoms with van der Waals surface area (Å²) >= 11 is 4.93. The number of methoxy groups -OCH3 is 1. The largest absolute Gasteiger partial charge is 0.494 e. The van der Waals surface area contributed by atoms with E-state index in [9.17, 15) is 0 Å². The van der Waals surface area contributed by atoms with E-state index in [4.69, 9.17) is 4.74 Å². The number of hydrogen-bond donors (Lipinski definition) is 0. The van der Waals surface area contributed by atoms with E-state index in [0.29, 0.717) is 0 Å². The van der Waals surface area contributed by atoms with Gasteiger partial charge in [0.1, 0.15) is 0 Å². The van der Waals surface area contributed by atoms with E-state index >= 15 is 0 Å². The summed E-state index contributed by atoms with van der Waals surface area (Å²) in [5, 5.41) is 0. The molecule has 0 atom stereocenters. The molecule has 1 aromatic heterocycles. The molecule has 1 heterocycles. The van der Waals surface area contributed by atoms with Crippen LogP contribution in [0.5, 0.6) is 5.75 Å². The Kier molecular flexibility index (Phi) is 4.80. The van der Waals surface area contributed by atoms with Crippen molar-refractivity contribution in [3.05, 3.63) is 22.4 Å². The lowest BCUT2D eigenvalue weighted by molar-refractivity contribution is 0.410. The second kappa shape index (κ2) is 5.68. The van der Waals surface area contributed by atoms with E-state index in [1.807, 2.05) is 6.07 Å². The number of aromatic nitrogens is 1. The molecule has 0 N–H and O–H groups in total. The van der Waals surface area contributed by atoms with E-state index in [2.05, 4.69) is 46.1 Å². The predicted octanol–water partition coefficient (Wildman–Crippen LogP) is 3.72. The molecule has 0 amide bonds. The molecule has 0 aliphatic heterocycles. The van der Waals surface area contributed by atoms with Crippen LogP contribution in [0, 0.1) is 0 Å². The normalized spacial score (nSPS) is 12.1. The van der Waals surface area contributed by atoms with Crippen LogP contribution in [0.4, 0.5) is 0 Å². The third kappa shape index (κ3) is 4.53. The number of ether oxygens (including phenoxy) is 1. The Morgan fingerprint density at radius 3 is 2.69 bits per heavy atom. The molecule has 1 aromatic rings. The van der Waals surface area contributed by atoms with E-state index in [-0.39, 0.29) is 4.75 Å². The third-order valence-corrected chi connectivity index (χ3v) is 2.95. The molecular formula is C11H15BrN2OS. The van der Waals surface area contributed by atoms with Gasteiger partial charge in [-0.1, -0.05) is 0 Å². The van der Waals surface area contributed by atoms with Gasteiger partial charge < -0.3 is 4.74 Å². The molecule has 3 nitrogen and oxygen atoms in total. The lowest BCUT2D eigenvalue weighted by Crippen LogP contribution is -2.05.